The van der Waals surface area contributed by atoms with Crippen LogP contribution in [0.5, 0.6) is 0 Å². The first kappa shape index (κ1) is 64.2. The molecule has 0 aromatic carbocycles. The first-order valence-electron chi connectivity index (χ1n) is 27.9. The van der Waals surface area contributed by atoms with E-state index in [9.17, 15) is 14.4 Å². The number of hydrogen-bond donors (Lipinski definition) is 2. The van der Waals surface area contributed by atoms with Crippen LogP contribution in [-0.4, -0.2) is 94.3 Å². The summed E-state index contributed by atoms with van der Waals surface area (Å²) in [5.74, 6) is 0.490. The van der Waals surface area contributed by atoms with Crippen LogP contribution < -0.4 is 10.6 Å². The fraction of sp³-hybridized carbons (Fsp3) is 0.945. The molecule has 0 aromatic heterocycles. The summed E-state index contributed by atoms with van der Waals surface area (Å²) in [5, 5.41) is 6.05. The molecule has 0 aliphatic heterocycles. The summed E-state index contributed by atoms with van der Waals surface area (Å²) in [6, 6.07) is -0.0770. The van der Waals surface area contributed by atoms with E-state index in [4.69, 9.17) is 9.47 Å². The number of urea groups is 1. The molecule has 9 heteroatoms. The first-order chi connectivity index (χ1) is 31.2. The molecule has 386 valence electrons. The van der Waals surface area contributed by atoms with Crippen molar-refractivity contribution in [3.63, 3.8) is 0 Å². The van der Waals surface area contributed by atoms with E-state index in [1.165, 1.54) is 148 Å². The van der Waals surface area contributed by atoms with Crippen LogP contribution in [0, 0.1) is 5.92 Å². The number of rotatable bonds is 48. The molecule has 0 spiro atoms. The minimum Gasteiger partial charge on any atom is -0.466 e. The normalized spacial score (nSPS) is 11.3. The molecule has 9 nitrogen and oxygen atoms in total. The molecule has 0 saturated heterocycles. The molecule has 0 unspecified atom stereocenters. The summed E-state index contributed by atoms with van der Waals surface area (Å²) >= 11 is 0. The highest BCUT2D eigenvalue weighted by molar-refractivity contribution is 5.73. The van der Waals surface area contributed by atoms with Gasteiger partial charge in [0.25, 0.3) is 0 Å². The summed E-state index contributed by atoms with van der Waals surface area (Å²) in [6.07, 6.45) is 42.3. The van der Waals surface area contributed by atoms with Gasteiger partial charge in [-0.3, -0.25) is 9.59 Å². The molecule has 0 bridgehead atoms. The van der Waals surface area contributed by atoms with Gasteiger partial charge in [-0.2, -0.15) is 0 Å². The SMILES string of the molecule is CCC.CCCCCCCCCC(=O)OCCCCCCCCN(CCCCCCCC(=O)OCC(CCCCCCCC)CCCCCCCC)CCNC(=O)NCCCN(C)C.[HH].[HH]. The number of carbonyl (C=O) groups excluding carboxylic acids is 3. The number of nitrogens with zero attached hydrogens (tertiary/aromatic N) is 2. The third-order valence-electron chi connectivity index (χ3n) is 12.2. The van der Waals surface area contributed by atoms with Crippen LogP contribution in [0.25, 0.3) is 0 Å². The predicted octanol–water partition coefficient (Wildman–Crippen LogP) is 15.5. The van der Waals surface area contributed by atoms with Crippen LogP contribution in [0.1, 0.15) is 269 Å². The Labute approximate surface area is 402 Å². The van der Waals surface area contributed by atoms with Crippen molar-refractivity contribution in [3.8, 4) is 0 Å². The fourth-order valence-corrected chi connectivity index (χ4v) is 8.11. The Hall–Kier alpha value is -1.87. The van der Waals surface area contributed by atoms with E-state index in [0.717, 1.165) is 96.8 Å². The maximum atomic E-state index is 12.7. The second-order valence-corrected chi connectivity index (χ2v) is 19.3. The van der Waals surface area contributed by atoms with Gasteiger partial charge < -0.3 is 29.9 Å². The van der Waals surface area contributed by atoms with E-state index < -0.39 is 0 Å². The van der Waals surface area contributed by atoms with Crippen LogP contribution in [0.15, 0.2) is 0 Å². The van der Waals surface area contributed by atoms with Gasteiger partial charge in [0.15, 0.2) is 0 Å². The number of ether oxygens (including phenoxy) is 2. The maximum Gasteiger partial charge on any atom is 0.314 e. The summed E-state index contributed by atoms with van der Waals surface area (Å²) < 4.78 is 11.3. The van der Waals surface area contributed by atoms with Crippen molar-refractivity contribution in [2.45, 2.75) is 266 Å². The van der Waals surface area contributed by atoms with Crippen LogP contribution in [0.4, 0.5) is 4.79 Å². The van der Waals surface area contributed by atoms with Crippen LogP contribution in [-0.2, 0) is 19.1 Å². The fourth-order valence-electron chi connectivity index (χ4n) is 8.11. The third-order valence-corrected chi connectivity index (χ3v) is 12.2. The second kappa shape index (κ2) is 53.7. The molecule has 0 aliphatic rings. The molecule has 64 heavy (non-hydrogen) atoms. The van der Waals surface area contributed by atoms with Crippen molar-refractivity contribution >= 4 is 18.0 Å². The molecule has 0 saturated carbocycles. The zero-order valence-corrected chi connectivity index (χ0v) is 44.1. The molecule has 2 N–H and O–H groups in total. The molecule has 0 radical (unpaired) electrons. The number of nitrogens with one attached hydrogen (secondary N) is 2. The molecule has 0 atom stereocenters. The van der Waals surface area contributed by atoms with E-state index in [0.29, 0.717) is 45.1 Å². The minimum absolute atomic E-state index is 0. The van der Waals surface area contributed by atoms with Crippen molar-refractivity contribution < 1.29 is 26.7 Å². The predicted molar refractivity (Wildman–Crippen MR) is 281 cm³/mol. The van der Waals surface area contributed by atoms with Crippen molar-refractivity contribution in [1.29, 1.82) is 0 Å². The lowest BCUT2D eigenvalue weighted by Gasteiger charge is -2.22. The average molecular weight is 914 g/mol. The lowest BCUT2D eigenvalue weighted by Crippen LogP contribution is -2.41. The van der Waals surface area contributed by atoms with Crippen molar-refractivity contribution in [1.82, 2.24) is 20.4 Å². The number of amides is 2. The Bertz CT molecular complexity index is 964. The van der Waals surface area contributed by atoms with Gasteiger partial charge in [0.05, 0.1) is 13.2 Å². The van der Waals surface area contributed by atoms with Gasteiger partial charge in [-0.1, -0.05) is 202 Å². The van der Waals surface area contributed by atoms with E-state index >= 15 is 0 Å². The standard InChI is InChI=1S/C52H104N4O5.C3H8.2H2/c1-6-9-12-15-18-24-31-39-50(57)60-47-35-28-20-19-26-33-44-56(46-42-54-52(59)53-41-36-43-55(4)5)45-34-27-21-25-32-40-51(58)61-48-49(37-29-22-16-13-10-7-2)38-30-23-17-14-11-8-3;1-3-2;;/h49H,6-48H2,1-5H3,(H2,53,54,59);3H2,1-2H3;2*1H. The second-order valence-electron chi connectivity index (χ2n) is 19.3. The molecule has 0 aromatic rings. The molecular formula is C55H116N4O5. The van der Waals surface area contributed by atoms with E-state index in [-0.39, 0.29) is 20.8 Å². The van der Waals surface area contributed by atoms with Gasteiger partial charge >= 0.3 is 18.0 Å². The zero-order valence-electron chi connectivity index (χ0n) is 44.1. The van der Waals surface area contributed by atoms with E-state index in [1.54, 1.807) is 0 Å². The Morgan fingerprint density at radius 1 is 0.438 bits per heavy atom. The average Bonchev–Trinajstić information content (AvgIpc) is 3.27. The highest BCUT2D eigenvalue weighted by Gasteiger charge is 2.13. The van der Waals surface area contributed by atoms with Crippen molar-refractivity contribution in [2.24, 2.45) is 5.92 Å². The lowest BCUT2D eigenvalue weighted by molar-refractivity contribution is -0.145. The number of hydrogen-bond acceptors (Lipinski definition) is 7. The quantitative estimate of drug-likeness (QED) is 0.0463. The number of unbranched alkanes of at least 4 members (excludes halogenated alkanes) is 25. The van der Waals surface area contributed by atoms with Crippen LogP contribution in [0.2, 0.25) is 0 Å². The van der Waals surface area contributed by atoms with Gasteiger partial charge in [0.1, 0.15) is 0 Å². The smallest absolute Gasteiger partial charge is 0.314 e. The number of esters is 2. The van der Waals surface area contributed by atoms with Crippen LogP contribution >= 0.6 is 0 Å². The Morgan fingerprint density at radius 3 is 1.30 bits per heavy atom. The highest BCUT2D eigenvalue weighted by atomic mass is 16.5. The summed E-state index contributed by atoms with van der Waals surface area (Å²) in [4.78, 5) is 41.7. The van der Waals surface area contributed by atoms with Gasteiger partial charge in [-0.25, -0.2) is 4.79 Å². The Balaban J connectivity index is -0.00000373. The largest absolute Gasteiger partial charge is 0.466 e. The lowest BCUT2D eigenvalue weighted by atomic mass is 9.94. The summed E-state index contributed by atoms with van der Waals surface area (Å²) in [6.45, 7) is 17.5. The number of carbonyl (C=O) groups is 3. The van der Waals surface area contributed by atoms with Gasteiger partial charge in [0.2, 0.25) is 0 Å². The molecule has 0 heterocycles. The highest BCUT2D eigenvalue weighted by Crippen LogP contribution is 2.21. The van der Waals surface area contributed by atoms with Gasteiger partial charge in [-0.05, 0) is 91.0 Å². The van der Waals surface area contributed by atoms with Gasteiger partial charge in [-0.15, -0.1) is 0 Å². The molecule has 0 aliphatic carbocycles. The summed E-state index contributed by atoms with van der Waals surface area (Å²) in [7, 11) is 4.10. The van der Waals surface area contributed by atoms with Crippen molar-refractivity contribution in [2.75, 3.05) is 66.6 Å². The monoisotopic (exact) mass is 913 g/mol. The molecule has 2 amide bonds. The van der Waals surface area contributed by atoms with Gasteiger partial charge in [0, 0.05) is 35.3 Å². The molecular weight excluding hydrogens is 797 g/mol. The topological polar surface area (TPSA) is 100 Å². The van der Waals surface area contributed by atoms with E-state index in [1.807, 2.05) is 14.1 Å². The maximum absolute atomic E-state index is 12.7. The Kier molecular flexibility index (Phi) is 53.9. The Morgan fingerprint density at radius 2 is 0.828 bits per heavy atom. The first-order valence-corrected chi connectivity index (χ1v) is 27.9. The zero-order chi connectivity index (χ0) is 47.4. The molecule has 0 fully saturated rings. The molecule has 0 rings (SSSR count). The van der Waals surface area contributed by atoms with Crippen LogP contribution in [0.3, 0.4) is 0 Å². The van der Waals surface area contributed by atoms with Crippen molar-refractivity contribution in [3.05, 3.63) is 0 Å². The van der Waals surface area contributed by atoms with E-state index in [2.05, 4.69) is 55.1 Å². The summed E-state index contributed by atoms with van der Waals surface area (Å²) in [5.41, 5.74) is 0. The third kappa shape index (κ3) is 52.8. The minimum atomic E-state index is -0.0770.